The van der Waals surface area contributed by atoms with Gasteiger partial charge < -0.3 is 19.9 Å². The van der Waals surface area contributed by atoms with Crippen molar-refractivity contribution in [1.29, 1.82) is 0 Å². The molecule has 11 heteroatoms. The van der Waals surface area contributed by atoms with E-state index in [1.165, 1.54) is 12.1 Å². The molecule has 2 amide bonds. The first-order valence-electron chi connectivity index (χ1n) is 10.2. The number of nitrogens with one attached hydrogen (secondary N) is 2. The van der Waals surface area contributed by atoms with Crippen LogP contribution in [0.3, 0.4) is 0 Å². The van der Waals surface area contributed by atoms with E-state index < -0.39 is 15.8 Å². The molecule has 0 aliphatic carbocycles. The molecule has 2 aliphatic heterocycles. The third kappa shape index (κ3) is 4.47. The molecule has 0 aromatic heterocycles. The van der Waals surface area contributed by atoms with Crippen LogP contribution < -0.4 is 14.9 Å². The molecule has 2 aromatic carbocycles. The molecule has 2 N–H and O–H groups in total. The lowest BCUT2D eigenvalue weighted by molar-refractivity contribution is -0.115. The number of carbonyl (C=O) groups excluding carboxylic acids is 2. The van der Waals surface area contributed by atoms with Crippen LogP contribution in [0, 0.1) is 5.82 Å². The Kier molecular flexibility index (Phi) is 5.92. The number of anilines is 3. The molecule has 170 valence electrons. The highest BCUT2D eigenvalue weighted by molar-refractivity contribution is 7.92. The van der Waals surface area contributed by atoms with Crippen LogP contribution in [0.25, 0.3) is 0 Å². The summed E-state index contributed by atoms with van der Waals surface area (Å²) >= 11 is 0. The number of benzene rings is 2. The van der Waals surface area contributed by atoms with Gasteiger partial charge in [-0.15, -0.1) is 0 Å². The van der Waals surface area contributed by atoms with Gasteiger partial charge in [-0.25, -0.2) is 17.6 Å². The first-order chi connectivity index (χ1) is 15.3. The molecule has 2 aliphatic rings. The van der Waals surface area contributed by atoms with Crippen LogP contribution in [-0.2, 0) is 26.0 Å². The van der Waals surface area contributed by atoms with Crippen molar-refractivity contribution in [2.45, 2.75) is 18.2 Å². The number of fused-ring (bicyclic) bond motifs is 1. The predicted molar refractivity (Wildman–Crippen MR) is 117 cm³/mol. The summed E-state index contributed by atoms with van der Waals surface area (Å²) in [5, 5.41) is 2.73. The average molecular weight is 463 g/mol. The molecular formula is C21H23FN4O5S. The normalized spacial score (nSPS) is 15.9. The number of hydrogen-bond donors (Lipinski definition) is 2. The maximum Gasteiger partial charge on any atom is 0.409 e. The van der Waals surface area contributed by atoms with Gasteiger partial charge in [-0.2, -0.15) is 0 Å². The monoisotopic (exact) mass is 462 g/mol. The molecule has 0 bridgehead atoms. The first-order valence-corrected chi connectivity index (χ1v) is 11.7. The average Bonchev–Trinajstić information content (AvgIpc) is 3.12. The Balaban J connectivity index is 1.63. The van der Waals surface area contributed by atoms with E-state index in [0.717, 1.165) is 17.7 Å². The number of ether oxygens (including phenoxy) is 1. The Hall–Kier alpha value is -3.34. The summed E-state index contributed by atoms with van der Waals surface area (Å²) in [5.74, 6) is -0.707. The summed E-state index contributed by atoms with van der Waals surface area (Å²) in [6.07, 6.45) is -0.177. The molecule has 0 spiro atoms. The van der Waals surface area contributed by atoms with Crippen LogP contribution in [0.1, 0.15) is 12.5 Å². The molecule has 1 saturated heterocycles. The van der Waals surface area contributed by atoms with Crippen molar-refractivity contribution in [2.75, 3.05) is 47.7 Å². The van der Waals surface area contributed by atoms with Crippen molar-refractivity contribution in [3.8, 4) is 0 Å². The van der Waals surface area contributed by atoms with E-state index in [1.54, 1.807) is 24.0 Å². The van der Waals surface area contributed by atoms with E-state index in [-0.39, 0.29) is 23.3 Å². The van der Waals surface area contributed by atoms with Crippen molar-refractivity contribution in [1.82, 2.24) is 4.90 Å². The summed E-state index contributed by atoms with van der Waals surface area (Å²) in [7, 11) is -3.99. The van der Waals surface area contributed by atoms with Gasteiger partial charge in [0.2, 0.25) is 5.91 Å². The standard InChI is InChI=1S/C21H23FN4O5S/c1-2-31-21(28)26-9-7-25(8-10-26)19-11-14-12-20(27)23-17(14)13-18(19)24-32(29,30)16-5-3-15(22)4-6-16/h3-6,11,13,24H,2,7-10,12H2,1H3,(H,23,27). The zero-order valence-electron chi connectivity index (χ0n) is 17.4. The molecule has 4 rings (SSSR count). The van der Waals surface area contributed by atoms with Gasteiger partial charge in [0.1, 0.15) is 5.82 Å². The largest absolute Gasteiger partial charge is 0.450 e. The molecule has 9 nitrogen and oxygen atoms in total. The highest BCUT2D eigenvalue weighted by Crippen LogP contribution is 2.37. The minimum absolute atomic E-state index is 0.0819. The number of sulfonamides is 1. The number of piperazine rings is 1. The van der Waals surface area contributed by atoms with Crippen molar-refractivity contribution in [2.24, 2.45) is 0 Å². The quantitative estimate of drug-likeness (QED) is 0.707. The maximum absolute atomic E-state index is 13.2. The van der Waals surface area contributed by atoms with Gasteiger partial charge in [0.25, 0.3) is 10.0 Å². The summed E-state index contributed by atoms with van der Waals surface area (Å²) < 4.78 is 46.7. The number of hydrogen-bond acceptors (Lipinski definition) is 6. The number of carbonyl (C=O) groups is 2. The molecule has 0 unspecified atom stereocenters. The summed E-state index contributed by atoms with van der Waals surface area (Å²) in [5.41, 5.74) is 2.21. The van der Waals surface area contributed by atoms with Crippen molar-refractivity contribution < 1.29 is 27.1 Å². The second-order valence-electron chi connectivity index (χ2n) is 7.48. The van der Waals surface area contributed by atoms with Crippen LogP contribution in [0.4, 0.5) is 26.2 Å². The topological polar surface area (TPSA) is 108 Å². The fraction of sp³-hybridized carbons (Fsp3) is 0.333. The summed E-state index contributed by atoms with van der Waals surface area (Å²) in [6.45, 7) is 3.79. The molecule has 0 saturated carbocycles. The number of rotatable bonds is 5. The van der Waals surface area contributed by atoms with Gasteiger partial charge in [0.15, 0.2) is 0 Å². The van der Waals surface area contributed by atoms with Crippen LogP contribution in [-0.4, -0.2) is 58.1 Å². The van der Waals surface area contributed by atoms with Crippen molar-refractivity contribution in [3.05, 3.63) is 47.8 Å². The van der Waals surface area contributed by atoms with Gasteiger partial charge in [0.05, 0.1) is 29.3 Å². The molecule has 0 atom stereocenters. The molecule has 32 heavy (non-hydrogen) atoms. The van der Waals surface area contributed by atoms with Gasteiger partial charge in [-0.05, 0) is 48.9 Å². The summed E-state index contributed by atoms with van der Waals surface area (Å²) in [6, 6.07) is 7.90. The third-order valence-electron chi connectivity index (χ3n) is 5.36. The number of nitrogens with zero attached hydrogens (tertiary/aromatic N) is 2. The molecule has 2 aromatic rings. The molecule has 0 radical (unpaired) electrons. The number of halogens is 1. The Labute approximate surface area is 185 Å². The Morgan fingerprint density at radius 2 is 1.84 bits per heavy atom. The third-order valence-corrected chi connectivity index (χ3v) is 6.74. The van der Waals surface area contributed by atoms with Gasteiger partial charge in [-0.3, -0.25) is 9.52 Å². The fourth-order valence-electron chi connectivity index (χ4n) is 3.77. The van der Waals surface area contributed by atoms with E-state index in [1.807, 2.05) is 4.90 Å². The van der Waals surface area contributed by atoms with E-state index >= 15 is 0 Å². The second-order valence-corrected chi connectivity index (χ2v) is 9.17. The molecular weight excluding hydrogens is 439 g/mol. The second kappa shape index (κ2) is 8.65. The van der Waals surface area contributed by atoms with E-state index in [2.05, 4.69) is 10.0 Å². The van der Waals surface area contributed by atoms with Crippen molar-refractivity contribution >= 4 is 39.1 Å². The van der Waals surface area contributed by atoms with E-state index in [0.29, 0.717) is 49.8 Å². The lowest BCUT2D eigenvalue weighted by atomic mass is 10.1. The molecule has 1 fully saturated rings. The smallest absolute Gasteiger partial charge is 0.409 e. The molecule has 2 heterocycles. The lowest BCUT2D eigenvalue weighted by Crippen LogP contribution is -2.49. The highest BCUT2D eigenvalue weighted by atomic mass is 32.2. The summed E-state index contributed by atoms with van der Waals surface area (Å²) in [4.78, 5) is 27.3. The van der Waals surface area contributed by atoms with Gasteiger partial charge in [-0.1, -0.05) is 0 Å². The van der Waals surface area contributed by atoms with Crippen LogP contribution in [0.2, 0.25) is 0 Å². The maximum atomic E-state index is 13.2. The predicted octanol–water partition coefficient (Wildman–Crippen LogP) is 2.40. The number of amides is 2. The van der Waals surface area contributed by atoms with Crippen LogP contribution >= 0.6 is 0 Å². The fourth-order valence-corrected chi connectivity index (χ4v) is 4.83. The van der Waals surface area contributed by atoms with Gasteiger partial charge in [0, 0.05) is 31.9 Å². The Morgan fingerprint density at radius 3 is 2.50 bits per heavy atom. The van der Waals surface area contributed by atoms with E-state index in [9.17, 15) is 22.4 Å². The lowest BCUT2D eigenvalue weighted by Gasteiger charge is -2.36. The minimum Gasteiger partial charge on any atom is -0.450 e. The van der Waals surface area contributed by atoms with Crippen LogP contribution in [0.15, 0.2) is 41.3 Å². The van der Waals surface area contributed by atoms with Crippen molar-refractivity contribution in [3.63, 3.8) is 0 Å². The SMILES string of the molecule is CCOC(=O)N1CCN(c2cc3c(cc2NS(=O)(=O)c2ccc(F)cc2)NC(=O)C3)CC1. The highest BCUT2D eigenvalue weighted by Gasteiger charge is 2.28. The Morgan fingerprint density at radius 1 is 1.16 bits per heavy atom. The van der Waals surface area contributed by atoms with E-state index in [4.69, 9.17) is 4.74 Å². The first kappa shape index (κ1) is 21.9. The zero-order valence-corrected chi connectivity index (χ0v) is 18.2. The minimum atomic E-state index is -3.99. The van der Waals surface area contributed by atoms with Gasteiger partial charge >= 0.3 is 6.09 Å². The zero-order chi connectivity index (χ0) is 22.9. The Bertz CT molecular complexity index is 1150. The van der Waals surface area contributed by atoms with Crippen LogP contribution in [0.5, 0.6) is 0 Å².